The molecule has 30 heavy (non-hydrogen) atoms. The second-order valence-corrected chi connectivity index (χ2v) is 9.49. The lowest BCUT2D eigenvalue weighted by Crippen LogP contribution is -2.45. The Balaban J connectivity index is 1.50. The molecule has 0 aromatic heterocycles. The molecule has 7 nitrogen and oxygen atoms in total. The second kappa shape index (κ2) is 10.1. The van der Waals surface area contributed by atoms with E-state index in [2.05, 4.69) is 10.6 Å². The van der Waals surface area contributed by atoms with E-state index in [0.717, 1.165) is 0 Å². The predicted octanol–water partition coefficient (Wildman–Crippen LogP) is 2.89. The third-order valence-corrected chi connectivity index (χ3v) is 7.05. The Labute approximate surface area is 181 Å². The SMILES string of the molecule is O=C(CCNC(=O)[C@H]1CCCN(S(=O)(=O)c2ccc(Cl)cc2)C1)Nc1ccccc1. The van der Waals surface area contributed by atoms with Gasteiger partial charge in [0.2, 0.25) is 21.8 Å². The van der Waals surface area contributed by atoms with Gasteiger partial charge in [-0.3, -0.25) is 9.59 Å². The smallest absolute Gasteiger partial charge is 0.243 e. The quantitative estimate of drug-likeness (QED) is 0.679. The van der Waals surface area contributed by atoms with Crippen LogP contribution >= 0.6 is 11.6 Å². The van der Waals surface area contributed by atoms with Crippen LogP contribution in [0.2, 0.25) is 5.02 Å². The molecule has 3 rings (SSSR count). The number of hydrogen-bond donors (Lipinski definition) is 2. The average Bonchev–Trinajstić information content (AvgIpc) is 2.75. The van der Waals surface area contributed by atoms with E-state index < -0.39 is 15.9 Å². The second-order valence-electron chi connectivity index (χ2n) is 7.11. The van der Waals surface area contributed by atoms with Crippen LogP contribution in [-0.2, 0) is 19.6 Å². The number of rotatable bonds is 7. The van der Waals surface area contributed by atoms with Crippen molar-refractivity contribution >= 4 is 39.1 Å². The minimum absolute atomic E-state index is 0.118. The van der Waals surface area contributed by atoms with Gasteiger partial charge < -0.3 is 10.6 Å². The van der Waals surface area contributed by atoms with E-state index in [4.69, 9.17) is 11.6 Å². The third-order valence-electron chi connectivity index (χ3n) is 4.92. The van der Waals surface area contributed by atoms with Gasteiger partial charge in [-0.1, -0.05) is 29.8 Å². The molecule has 0 bridgehead atoms. The van der Waals surface area contributed by atoms with Crippen LogP contribution in [0.25, 0.3) is 0 Å². The fourth-order valence-electron chi connectivity index (χ4n) is 3.32. The summed E-state index contributed by atoms with van der Waals surface area (Å²) in [6, 6.07) is 15.1. The molecule has 1 aliphatic rings. The van der Waals surface area contributed by atoms with E-state index >= 15 is 0 Å². The number of halogens is 1. The highest BCUT2D eigenvalue weighted by molar-refractivity contribution is 7.89. The Morgan fingerprint density at radius 2 is 1.77 bits per heavy atom. The van der Waals surface area contributed by atoms with Crippen molar-refractivity contribution in [2.75, 3.05) is 25.0 Å². The highest BCUT2D eigenvalue weighted by atomic mass is 35.5. The number of carbonyl (C=O) groups is 2. The van der Waals surface area contributed by atoms with Crippen LogP contribution in [0.1, 0.15) is 19.3 Å². The zero-order valence-corrected chi connectivity index (χ0v) is 18.0. The Kier molecular flexibility index (Phi) is 7.47. The number of amides is 2. The van der Waals surface area contributed by atoms with Crippen LogP contribution in [0.15, 0.2) is 59.5 Å². The number of sulfonamides is 1. The lowest BCUT2D eigenvalue weighted by molar-refractivity contribution is -0.126. The van der Waals surface area contributed by atoms with Crippen molar-refractivity contribution in [3.63, 3.8) is 0 Å². The first kappa shape index (κ1) is 22.3. The summed E-state index contributed by atoms with van der Waals surface area (Å²) in [5.74, 6) is -0.881. The summed E-state index contributed by atoms with van der Waals surface area (Å²) < 4.78 is 27.0. The van der Waals surface area contributed by atoms with E-state index in [0.29, 0.717) is 30.1 Å². The van der Waals surface area contributed by atoms with E-state index in [9.17, 15) is 18.0 Å². The largest absolute Gasteiger partial charge is 0.355 e. The van der Waals surface area contributed by atoms with Gasteiger partial charge in [0, 0.05) is 36.8 Å². The van der Waals surface area contributed by atoms with Gasteiger partial charge in [-0.15, -0.1) is 0 Å². The summed E-state index contributed by atoms with van der Waals surface area (Å²) in [6.45, 7) is 0.680. The maximum atomic E-state index is 12.8. The monoisotopic (exact) mass is 449 g/mol. The van der Waals surface area contributed by atoms with Crippen LogP contribution < -0.4 is 10.6 Å². The summed E-state index contributed by atoms with van der Waals surface area (Å²) in [5, 5.41) is 5.97. The molecular formula is C21H24ClN3O4S. The van der Waals surface area contributed by atoms with Crippen LogP contribution in [0.4, 0.5) is 5.69 Å². The molecule has 1 fully saturated rings. The van der Waals surface area contributed by atoms with Crippen LogP contribution in [0.5, 0.6) is 0 Å². The first-order chi connectivity index (χ1) is 14.4. The van der Waals surface area contributed by atoms with Crippen molar-refractivity contribution in [3.8, 4) is 0 Å². The van der Waals surface area contributed by atoms with Crippen molar-refractivity contribution in [3.05, 3.63) is 59.6 Å². The Bertz CT molecular complexity index is 981. The normalized spacial score (nSPS) is 17.3. The fourth-order valence-corrected chi connectivity index (χ4v) is 4.97. The molecule has 2 amide bonds. The Morgan fingerprint density at radius 3 is 2.47 bits per heavy atom. The minimum atomic E-state index is -3.68. The van der Waals surface area contributed by atoms with Crippen LogP contribution in [0, 0.1) is 5.92 Å². The molecule has 0 radical (unpaired) electrons. The molecule has 0 unspecified atom stereocenters. The molecule has 2 aromatic rings. The van der Waals surface area contributed by atoms with Gasteiger partial charge >= 0.3 is 0 Å². The van der Waals surface area contributed by atoms with E-state index in [1.807, 2.05) is 18.2 Å². The van der Waals surface area contributed by atoms with Gasteiger partial charge in [0.25, 0.3) is 0 Å². The van der Waals surface area contributed by atoms with Gasteiger partial charge in [0.1, 0.15) is 0 Å². The fraction of sp³-hybridized carbons (Fsp3) is 0.333. The minimum Gasteiger partial charge on any atom is -0.355 e. The van der Waals surface area contributed by atoms with Crippen molar-refractivity contribution in [1.82, 2.24) is 9.62 Å². The number of anilines is 1. The molecule has 1 aliphatic heterocycles. The maximum absolute atomic E-state index is 12.8. The van der Waals surface area contributed by atoms with Gasteiger partial charge in [0.15, 0.2) is 0 Å². The lowest BCUT2D eigenvalue weighted by Gasteiger charge is -2.31. The Hall–Kier alpha value is -2.42. The molecule has 0 saturated carbocycles. The third kappa shape index (κ3) is 5.81. The molecule has 1 heterocycles. The highest BCUT2D eigenvalue weighted by Crippen LogP contribution is 2.24. The molecule has 9 heteroatoms. The zero-order valence-electron chi connectivity index (χ0n) is 16.4. The average molecular weight is 450 g/mol. The zero-order chi connectivity index (χ0) is 21.6. The predicted molar refractivity (Wildman–Crippen MR) is 116 cm³/mol. The van der Waals surface area contributed by atoms with E-state index in [-0.39, 0.29) is 36.2 Å². The standard InChI is InChI=1S/C21H24ClN3O4S/c22-17-8-10-19(11-9-17)30(28,29)25-14-4-5-16(15-25)21(27)23-13-12-20(26)24-18-6-2-1-3-7-18/h1-3,6-11,16H,4-5,12-15H2,(H,23,27)(H,24,26)/t16-/m0/s1. The molecule has 0 aliphatic carbocycles. The van der Waals surface area contributed by atoms with Gasteiger partial charge in [-0.25, -0.2) is 8.42 Å². The number of benzene rings is 2. The number of piperidine rings is 1. The number of hydrogen-bond acceptors (Lipinski definition) is 4. The summed E-state index contributed by atoms with van der Waals surface area (Å²) in [6.07, 6.45) is 1.34. The van der Waals surface area contributed by atoms with Crippen molar-refractivity contribution in [2.24, 2.45) is 5.92 Å². The molecule has 1 saturated heterocycles. The van der Waals surface area contributed by atoms with Crippen LogP contribution in [-0.4, -0.2) is 44.2 Å². The Morgan fingerprint density at radius 1 is 1.07 bits per heavy atom. The summed E-state index contributed by atoms with van der Waals surface area (Å²) in [5.41, 5.74) is 0.698. The maximum Gasteiger partial charge on any atom is 0.243 e. The van der Waals surface area contributed by atoms with Crippen LogP contribution in [0.3, 0.4) is 0 Å². The van der Waals surface area contributed by atoms with Crippen molar-refractivity contribution in [1.29, 1.82) is 0 Å². The molecule has 160 valence electrons. The van der Waals surface area contributed by atoms with Crippen molar-refractivity contribution < 1.29 is 18.0 Å². The summed E-state index contributed by atoms with van der Waals surface area (Å²) >= 11 is 5.84. The number of nitrogens with one attached hydrogen (secondary N) is 2. The highest BCUT2D eigenvalue weighted by Gasteiger charge is 2.33. The van der Waals surface area contributed by atoms with E-state index in [1.165, 1.54) is 28.6 Å². The van der Waals surface area contributed by atoms with E-state index in [1.54, 1.807) is 12.1 Å². The van der Waals surface area contributed by atoms with Gasteiger partial charge in [-0.2, -0.15) is 4.31 Å². The van der Waals surface area contributed by atoms with Gasteiger partial charge in [-0.05, 0) is 49.2 Å². The van der Waals surface area contributed by atoms with Gasteiger partial charge in [0.05, 0.1) is 10.8 Å². The molecule has 1 atom stereocenters. The lowest BCUT2D eigenvalue weighted by atomic mass is 9.99. The number of para-hydroxylation sites is 1. The molecule has 0 spiro atoms. The number of nitrogens with zero attached hydrogens (tertiary/aromatic N) is 1. The summed E-state index contributed by atoms with van der Waals surface area (Å²) in [7, 11) is -3.68. The molecular weight excluding hydrogens is 426 g/mol. The molecule has 2 aromatic carbocycles. The number of carbonyl (C=O) groups excluding carboxylic acids is 2. The first-order valence-corrected chi connectivity index (χ1v) is 11.6. The summed E-state index contributed by atoms with van der Waals surface area (Å²) in [4.78, 5) is 24.6. The first-order valence-electron chi connectivity index (χ1n) is 9.74. The molecule has 2 N–H and O–H groups in total. The topological polar surface area (TPSA) is 95.6 Å². The van der Waals surface area contributed by atoms with Crippen molar-refractivity contribution in [2.45, 2.75) is 24.2 Å².